The topological polar surface area (TPSA) is 140 Å². The predicted octanol–water partition coefficient (Wildman–Crippen LogP) is 0.237. The Morgan fingerprint density at radius 2 is 1.74 bits per heavy atom. The van der Waals surface area contributed by atoms with Crippen LogP contribution in [0.5, 0.6) is 0 Å². The van der Waals surface area contributed by atoms with E-state index in [-0.39, 0.29) is 42.3 Å². The number of hydrogen-bond acceptors (Lipinski definition) is 5. The minimum atomic E-state index is -0.941. The van der Waals surface area contributed by atoms with Gasteiger partial charge in [0.05, 0.1) is 23.6 Å². The SMILES string of the molecule is O=C1CC(C(=O)N[C@H]2C[C@@H](O)[C@H](NC(=O)c3cc4c(F)cc(F)cc4[nH]3)C2)CC(=O)N1. The summed E-state index contributed by atoms with van der Waals surface area (Å²) in [6.07, 6.45) is -0.719. The number of aromatic nitrogens is 1. The summed E-state index contributed by atoms with van der Waals surface area (Å²) in [7, 11) is 0. The number of aliphatic hydroxyl groups excluding tert-OH is 1. The zero-order valence-electron chi connectivity index (χ0n) is 16.2. The minimum Gasteiger partial charge on any atom is -0.391 e. The lowest BCUT2D eigenvalue weighted by molar-refractivity contribution is -0.140. The van der Waals surface area contributed by atoms with E-state index in [4.69, 9.17) is 0 Å². The van der Waals surface area contributed by atoms with Crippen LogP contribution in [0.2, 0.25) is 0 Å². The monoisotopic (exact) mass is 434 g/mol. The third-order valence-electron chi connectivity index (χ3n) is 5.60. The van der Waals surface area contributed by atoms with Gasteiger partial charge in [-0.2, -0.15) is 0 Å². The number of halogens is 2. The zero-order valence-corrected chi connectivity index (χ0v) is 16.2. The van der Waals surface area contributed by atoms with Crippen molar-refractivity contribution in [2.45, 2.75) is 43.9 Å². The van der Waals surface area contributed by atoms with Crippen LogP contribution in [-0.2, 0) is 14.4 Å². The summed E-state index contributed by atoms with van der Waals surface area (Å²) >= 11 is 0. The summed E-state index contributed by atoms with van der Waals surface area (Å²) < 4.78 is 27.2. The molecule has 164 valence electrons. The van der Waals surface area contributed by atoms with Gasteiger partial charge in [-0.3, -0.25) is 24.5 Å². The molecule has 5 N–H and O–H groups in total. The molecule has 1 saturated carbocycles. The van der Waals surface area contributed by atoms with Gasteiger partial charge in [0.1, 0.15) is 17.3 Å². The molecule has 0 bridgehead atoms. The number of nitrogens with one attached hydrogen (secondary N) is 4. The zero-order chi connectivity index (χ0) is 22.3. The molecule has 1 aromatic heterocycles. The largest absolute Gasteiger partial charge is 0.391 e. The second-order valence-electron chi connectivity index (χ2n) is 7.93. The maximum Gasteiger partial charge on any atom is 0.268 e. The lowest BCUT2D eigenvalue weighted by Crippen LogP contribution is -2.46. The molecule has 31 heavy (non-hydrogen) atoms. The summed E-state index contributed by atoms with van der Waals surface area (Å²) in [5, 5.41) is 17.8. The molecule has 2 fully saturated rings. The number of aliphatic hydroxyl groups is 1. The average Bonchev–Trinajstić information content (AvgIpc) is 3.24. The van der Waals surface area contributed by atoms with Gasteiger partial charge in [-0.15, -0.1) is 0 Å². The number of H-pyrrole nitrogens is 1. The quantitative estimate of drug-likeness (QED) is 0.439. The fourth-order valence-electron chi connectivity index (χ4n) is 4.10. The molecule has 11 heteroatoms. The van der Waals surface area contributed by atoms with Crippen LogP contribution in [0.4, 0.5) is 8.78 Å². The highest BCUT2D eigenvalue weighted by Gasteiger charge is 2.37. The van der Waals surface area contributed by atoms with E-state index in [0.29, 0.717) is 0 Å². The Balaban J connectivity index is 1.37. The molecule has 2 heterocycles. The van der Waals surface area contributed by atoms with Gasteiger partial charge in [-0.05, 0) is 25.0 Å². The highest BCUT2D eigenvalue weighted by Crippen LogP contribution is 2.24. The highest BCUT2D eigenvalue weighted by atomic mass is 19.1. The molecule has 1 aliphatic carbocycles. The Hall–Kier alpha value is -3.34. The number of carbonyl (C=O) groups excluding carboxylic acids is 4. The van der Waals surface area contributed by atoms with E-state index < -0.39 is 59.4 Å². The lowest BCUT2D eigenvalue weighted by atomic mass is 9.95. The molecule has 9 nitrogen and oxygen atoms in total. The Bertz CT molecular complexity index is 1070. The van der Waals surface area contributed by atoms with Gasteiger partial charge in [-0.25, -0.2) is 8.78 Å². The van der Waals surface area contributed by atoms with Crippen molar-refractivity contribution in [1.82, 2.24) is 20.9 Å². The van der Waals surface area contributed by atoms with Gasteiger partial charge in [-0.1, -0.05) is 0 Å². The van der Waals surface area contributed by atoms with Gasteiger partial charge < -0.3 is 20.7 Å². The van der Waals surface area contributed by atoms with E-state index >= 15 is 0 Å². The Labute approximate surface area is 174 Å². The average molecular weight is 434 g/mol. The van der Waals surface area contributed by atoms with E-state index in [1.807, 2.05) is 0 Å². The van der Waals surface area contributed by atoms with Crippen LogP contribution in [0.15, 0.2) is 18.2 Å². The van der Waals surface area contributed by atoms with Gasteiger partial charge >= 0.3 is 0 Å². The number of fused-ring (bicyclic) bond motifs is 1. The van der Waals surface area contributed by atoms with Crippen molar-refractivity contribution in [3.8, 4) is 0 Å². The van der Waals surface area contributed by atoms with Crippen molar-refractivity contribution < 1.29 is 33.1 Å². The number of benzene rings is 1. The van der Waals surface area contributed by atoms with Crippen LogP contribution in [0.3, 0.4) is 0 Å². The fourth-order valence-corrected chi connectivity index (χ4v) is 4.10. The Kier molecular flexibility index (Phi) is 5.44. The first kappa shape index (κ1) is 20.9. The number of aromatic amines is 1. The Morgan fingerprint density at radius 1 is 1.03 bits per heavy atom. The van der Waals surface area contributed by atoms with E-state index in [1.54, 1.807) is 0 Å². The van der Waals surface area contributed by atoms with E-state index in [1.165, 1.54) is 6.07 Å². The van der Waals surface area contributed by atoms with Gasteiger partial charge in [0.15, 0.2) is 0 Å². The van der Waals surface area contributed by atoms with E-state index in [9.17, 15) is 33.1 Å². The normalized spacial score (nSPS) is 24.3. The summed E-state index contributed by atoms with van der Waals surface area (Å²) in [5.41, 5.74) is 0.136. The predicted molar refractivity (Wildman–Crippen MR) is 103 cm³/mol. The van der Waals surface area contributed by atoms with Gasteiger partial charge in [0.2, 0.25) is 17.7 Å². The molecule has 2 aliphatic rings. The van der Waals surface area contributed by atoms with Crippen LogP contribution in [-0.4, -0.2) is 51.9 Å². The lowest BCUT2D eigenvalue weighted by Gasteiger charge is -2.22. The van der Waals surface area contributed by atoms with Crippen LogP contribution >= 0.6 is 0 Å². The van der Waals surface area contributed by atoms with Gasteiger partial charge in [0.25, 0.3) is 5.91 Å². The van der Waals surface area contributed by atoms with Crippen molar-refractivity contribution in [2.24, 2.45) is 5.92 Å². The molecule has 1 aliphatic heterocycles. The Morgan fingerprint density at radius 3 is 2.45 bits per heavy atom. The number of piperidine rings is 1. The molecule has 1 aromatic carbocycles. The van der Waals surface area contributed by atoms with Crippen LogP contribution in [0.1, 0.15) is 36.2 Å². The standard InChI is InChI=1S/C20H20F2N4O5/c21-9-3-12(22)11-7-15(24-13(11)4-9)20(31)25-14-5-10(6-16(14)27)23-19(30)8-1-17(28)26-18(29)2-8/h3-4,7-8,10,14,16,24,27H,1-2,5-6H2,(H,23,30)(H,25,31)(H,26,28,29)/t10-,14-,16-/m1/s1. The number of imide groups is 1. The van der Waals surface area contributed by atoms with Crippen LogP contribution in [0, 0.1) is 17.6 Å². The second kappa shape index (κ2) is 8.06. The highest BCUT2D eigenvalue weighted by molar-refractivity contribution is 6.02. The van der Waals surface area contributed by atoms with E-state index in [2.05, 4.69) is 20.9 Å². The number of hydrogen-bond donors (Lipinski definition) is 5. The number of carbonyl (C=O) groups is 4. The van der Waals surface area contributed by atoms with Crippen molar-refractivity contribution in [2.75, 3.05) is 0 Å². The van der Waals surface area contributed by atoms with E-state index in [0.717, 1.165) is 12.1 Å². The molecule has 4 amide bonds. The summed E-state index contributed by atoms with van der Waals surface area (Å²) in [6, 6.07) is 1.91. The fraction of sp³-hybridized carbons (Fsp3) is 0.400. The molecule has 0 radical (unpaired) electrons. The minimum absolute atomic E-state index is 0.00548. The first-order chi connectivity index (χ1) is 14.7. The van der Waals surface area contributed by atoms with Crippen LogP contribution < -0.4 is 16.0 Å². The number of amides is 4. The smallest absolute Gasteiger partial charge is 0.268 e. The molecule has 4 rings (SSSR count). The molecule has 0 spiro atoms. The summed E-state index contributed by atoms with van der Waals surface area (Å²) in [4.78, 5) is 50.4. The maximum atomic E-state index is 13.8. The molecular formula is C20H20F2N4O5. The molecule has 1 saturated heterocycles. The van der Waals surface area contributed by atoms with Crippen molar-refractivity contribution in [3.05, 3.63) is 35.5 Å². The second-order valence-corrected chi connectivity index (χ2v) is 7.93. The molecule has 3 atom stereocenters. The first-order valence-electron chi connectivity index (χ1n) is 9.79. The maximum absolute atomic E-state index is 13.8. The number of rotatable bonds is 4. The third kappa shape index (κ3) is 4.41. The molecule has 0 unspecified atom stereocenters. The van der Waals surface area contributed by atoms with Crippen LogP contribution in [0.25, 0.3) is 10.9 Å². The first-order valence-corrected chi connectivity index (χ1v) is 9.79. The van der Waals surface area contributed by atoms with Crippen molar-refractivity contribution >= 4 is 34.5 Å². The van der Waals surface area contributed by atoms with Gasteiger partial charge in [0, 0.05) is 30.3 Å². The van der Waals surface area contributed by atoms with Crippen molar-refractivity contribution in [1.29, 1.82) is 0 Å². The summed E-state index contributed by atoms with van der Waals surface area (Å²) in [6.45, 7) is 0. The van der Waals surface area contributed by atoms with Crippen molar-refractivity contribution in [3.63, 3.8) is 0 Å². The summed E-state index contributed by atoms with van der Waals surface area (Å²) in [5.74, 6) is -4.44. The molecule has 2 aromatic rings. The molecular weight excluding hydrogens is 414 g/mol. The third-order valence-corrected chi connectivity index (χ3v) is 5.60.